The van der Waals surface area contributed by atoms with Crippen molar-refractivity contribution in [1.29, 1.82) is 0 Å². The van der Waals surface area contributed by atoms with Crippen LogP contribution in [0.4, 0.5) is 0 Å². The summed E-state index contributed by atoms with van der Waals surface area (Å²) in [6.45, 7) is 10.7. The molecule has 0 aromatic heterocycles. The van der Waals surface area contributed by atoms with Crippen LogP contribution in [0.25, 0.3) is 0 Å². The molecule has 2 unspecified atom stereocenters. The number of rotatable bonds is 16. The number of nitrogens with one attached hydrogen (secondary N) is 2. The predicted molar refractivity (Wildman–Crippen MR) is 150 cm³/mol. The normalized spacial score (nSPS) is 15.3. The second-order valence-corrected chi connectivity index (χ2v) is 9.17. The van der Waals surface area contributed by atoms with E-state index >= 15 is 0 Å². The first kappa shape index (κ1) is 31.2. The van der Waals surface area contributed by atoms with E-state index in [-0.39, 0.29) is 18.2 Å². The molecule has 0 saturated heterocycles. The van der Waals surface area contributed by atoms with Gasteiger partial charge in [-0.2, -0.15) is 0 Å². The third-order valence-electron chi connectivity index (χ3n) is 5.98. The number of hydrogen-bond acceptors (Lipinski definition) is 5. The van der Waals surface area contributed by atoms with Gasteiger partial charge in [-0.15, -0.1) is 0 Å². The van der Waals surface area contributed by atoms with Crippen LogP contribution in [0.15, 0.2) is 65.2 Å². The summed E-state index contributed by atoms with van der Waals surface area (Å²) in [6, 6.07) is 7.91. The molecule has 6 heteroatoms. The quantitative estimate of drug-likeness (QED) is 0.0714. The average Bonchev–Trinajstić information content (AvgIpc) is 2.89. The number of hydrogen-bond donors (Lipinski definition) is 3. The molecule has 1 amide bonds. The average molecular weight is 496 g/mol. The van der Waals surface area contributed by atoms with Gasteiger partial charge in [0.2, 0.25) is 5.91 Å². The molecule has 1 aromatic carbocycles. The molecule has 0 aliphatic carbocycles. The van der Waals surface area contributed by atoms with Crippen molar-refractivity contribution in [2.75, 3.05) is 13.1 Å². The molecule has 0 aliphatic heterocycles. The molecule has 1 rings (SSSR count). The third-order valence-corrected chi connectivity index (χ3v) is 5.98. The van der Waals surface area contributed by atoms with Crippen LogP contribution in [-0.2, 0) is 9.59 Å². The molecule has 0 heterocycles. The molecule has 0 saturated carbocycles. The summed E-state index contributed by atoms with van der Waals surface area (Å²) in [4.78, 5) is 28.8. The summed E-state index contributed by atoms with van der Waals surface area (Å²) in [5.74, 6) is 0.558. The van der Waals surface area contributed by atoms with E-state index in [0.29, 0.717) is 31.6 Å². The number of unbranched alkanes of at least 4 members (excludes halogenated alkanes) is 2. The minimum atomic E-state index is -1.66. The fraction of sp³-hybridized carbons (Fsp3) is 0.500. The Kier molecular flexibility index (Phi) is 15.2. The lowest BCUT2D eigenvalue weighted by Crippen LogP contribution is -2.49. The van der Waals surface area contributed by atoms with Gasteiger partial charge in [-0.25, -0.2) is 0 Å². The number of aryl methyl sites for hydroxylation is 1. The van der Waals surface area contributed by atoms with Gasteiger partial charge in [-0.1, -0.05) is 93.3 Å². The topological polar surface area (TPSA) is 90.8 Å². The molecule has 0 bridgehead atoms. The highest BCUT2D eigenvalue weighted by atomic mass is 16.3. The van der Waals surface area contributed by atoms with Crippen LogP contribution in [0.5, 0.6) is 0 Å². The molecule has 1 aromatic rings. The summed E-state index contributed by atoms with van der Waals surface area (Å²) >= 11 is 0. The monoisotopic (exact) mass is 495 g/mol. The smallest absolute Gasteiger partial charge is 0.225 e. The predicted octanol–water partition coefficient (Wildman–Crippen LogP) is 5.41. The molecular weight excluding hydrogens is 450 g/mol. The first-order valence-electron chi connectivity index (χ1n) is 13.1. The van der Waals surface area contributed by atoms with Gasteiger partial charge >= 0.3 is 0 Å². The van der Waals surface area contributed by atoms with Crippen LogP contribution < -0.4 is 10.6 Å². The standard InChI is InChI=1S/C30H45N3O3/c1-6-10-12-14-25(8-3)20-30(36,23-34)32-22-26(15-13-11-7-2)21-31-29(33-28(35)9-4)27-18-16-24(5)17-19-27/h6,8,10,12,14,16-19,23,26,32,36H,7,9,11,13,15,20-22H2,1-5H3,(H,31,33,35)/b10-6-,14-12-,25-8+. The van der Waals surface area contributed by atoms with E-state index in [4.69, 9.17) is 4.99 Å². The second kappa shape index (κ2) is 17.6. The lowest BCUT2D eigenvalue weighted by atomic mass is 9.98. The van der Waals surface area contributed by atoms with Gasteiger partial charge in [0.05, 0.1) is 0 Å². The minimum absolute atomic E-state index is 0.0878. The zero-order chi connectivity index (χ0) is 26.8. The molecule has 2 atom stereocenters. The summed E-state index contributed by atoms with van der Waals surface area (Å²) in [7, 11) is 0. The number of nitrogens with zero attached hydrogens (tertiary/aromatic N) is 1. The van der Waals surface area contributed by atoms with E-state index in [1.54, 1.807) is 0 Å². The first-order chi connectivity index (χ1) is 17.3. The zero-order valence-corrected chi connectivity index (χ0v) is 22.7. The van der Waals surface area contributed by atoms with Crippen LogP contribution in [0.1, 0.15) is 77.3 Å². The van der Waals surface area contributed by atoms with Crippen LogP contribution in [0.3, 0.4) is 0 Å². The van der Waals surface area contributed by atoms with E-state index < -0.39 is 5.72 Å². The minimum Gasteiger partial charge on any atom is -0.369 e. The van der Waals surface area contributed by atoms with Crippen LogP contribution in [0.2, 0.25) is 0 Å². The van der Waals surface area contributed by atoms with E-state index in [9.17, 15) is 14.7 Å². The Morgan fingerprint density at radius 2 is 1.86 bits per heavy atom. The Hall–Kier alpha value is -2.83. The third kappa shape index (κ3) is 12.2. The molecule has 36 heavy (non-hydrogen) atoms. The van der Waals surface area contributed by atoms with Crippen LogP contribution >= 0.6 is 0 Å². The Bertz CT molecular complexity index is 916. The van der Waals surface area contributed by atoms with Gasteiger partial charge < -0.3 is 10.4 Å². The largest absolute Gasteiger partial charge is 0.369 e. The van der Waals surface area contributed by atoms with Crippen molar-refractivity contribution >= 4 is 18.0 Å². The van der Waals surface area contributed by atoms with E-state index in [1.807, 2.05) is 82.3 Å². The number of aliphatic imine (C=N–C) groups is 1. The molecule has 0 radical (unpaired) electrons. The van der Waals surface area contributed by atoms with Gasteiger partial charge in [0.15, 0.2) is 12.0 Å². The number of carbonyl (C=O) groups excluding carboxylic acids is 2. The molecule has 3 N–H and O–H groups in total. The SMILES string of the molecule is C\C=C/C=C\C(=C/C)CC(O)(C=O)NCC(CCCCC)CN=C(NC(=O)CC)c1ccc(C)cc1. The van der Waals surface area contributed by atoms with Crippen molar-refractivity contribution in [2.45, 2.75) is 78.9 Å². The maximum Gasteiger partial charge on any atom is 0.225 e. The Morgan fingerprint density at radius 3 is 2.44 bits per heavy atom. The first-order valence-corrected chi connectivity index (χ1v) is 13.1. The van der Waals surface area contributed by atoms with Crippen LogP contribution in [0, 0.1) is 12.8 Å². The summed E-state index contributed by atoms with van der Waals surface area (Å²) in [5, 5.41) is 17.0. The maximum absolute atomic E-state index is 12.1. The molecule has 198 valence electrons. The molecule has 6 nitrogen and oxygen atoms in total. The Labute approximate surface area is 217 Å². The highest BCUT2D eigenvalue weighted by molar-refractivity contribution is 6.07. The van der Waals surface area contributed by atoms with E-state index in [0.717, 1.165) is 42.4 Å². The number of allylic oxidation sites excluding steroid dienone is 5. The Morgan fingerprint density at radius 1 is 1.14 bits per heavy atom. The van der Waals surface area contributed by atoms with Gasteiger partial charge in [-0.05, 0) is 38.7 Å². The number of amides is 1. The highest BCUT2D eigenvalue weighted by Gasteiger charge is 2.27. The van der Waals surface area contributed by atoms with Crippen molar-refractivity contribution in [2.24, 2.45) is 10.9 Å². The molecular formula is C30H45N3O3. The number of benzene rings is 1. The number of amidine groups is 1. The maximum atomic E-state index is 12.1. The molecule has 0 fully saturated rings. The molecule has 0 aliphatic rings. The summed E-state index contributed by atoms with van der Waals surface area (Å²) < 4.78 is 0. The van der Waals surface area contributed by atoms with Crippen molar-refractivity contribution < 1.29 is 14.7 Å². The lowest BCUT2D eigenvalue weighted by Gasteiger charge is -2.27. The lowest BCUT2D eigenvalue weighted by molar-refractivity contribution is -0.127. The van der Waals surface area contributed by atoms with Crippen molar-refractivity contribution in [3.63, 3.8) is 0 Å². The Balaban J connectivity index is 3.04. The van der Waals surface area contributed by atoms with Gasteiger partial charge in [-0.3, -0.25) is 19.9 Å². The van der Waals surface area contributed by atoms with E-state index in [2.05, 4.69) is 17.6 Å². The summed E-state index contributed by atoms with van der Waals surface area (Å²) in [5.41, 5.74) is 1.19. The fourth-order valence-corrected chi connectivity index (χ4v) is 3.62. The number of aliphatic hydroxyl groups is 1. The van der Waals surface area contributed by atoms with Gasteiger partial charge in [0.1, 0.15) is 5.84 Å². The fourth-order valence-electron chi connectivity index (χ4n) is 3.62. The van der Waals surface area contributed by atoms with E-state index in [1.165, 1.54) is 0 Å². The van der Waals surface area contributed by atoms with Crippen molar-refractivity contribution in [1.82, 2.24) is 10.6 Å². The zero-order valence-electron chi connectivity index (χ0n) is 22.7. The van der Waals surface area contributed by atoms with Crippen molar-refractivity contribution in [3.05, 3.63) is 71.3 Å². The number of aldehydes is 1. The molecule has 0 spiro atoms. The number of carbonyl (C=O) groups is 2. The van der Waals surface area contributed by atoms with Crippen molar-refractivity contribution in [3.8, 4) is 0 Å². The van der Waals surface area contributed by atoms with Gasteiger partial charge in [0, 0.05) is 31.5 Å². The summed E-state index contributed by atoms with van der Waals surface area (Å²) in [6.07, 6.45) is 14.8. The van der Waals surface area contributed by atoms with Gasteiger partial charge in [0.25, 0.3) is 0 Å². The second-order valence-electron chi connectivity index (χ2n) is 9.17. The van der Waals surface area contributed by atoms with Crippen LogP contribution in [-0.4, -0.2) is 41.9 Å². The highest BCUT2D eigenvalue weighted by Crippen LogP contribution is 2.17.